The predicted molar refractivity (Wildman–Crippen MR) is 83.4 cm³/mol. The van der Waals surface area contributed by atoms with Gasteiger partial charge in [-0.05, 0) is 24.1 Å². The number of nitrogens with two attached hydrogens (primary N) is 1. The number of benzene rings is 1. The Morgan fingerprint density at radius 3 is 2.27 bits per heavy atom. The maximum Gasteiger partial charge on any atom is 0.238 e. The summed E-state index contributed by atoms with van der Waals surface area (Å²) in [5.41, 5.74) is 0.793. The van der Waals surface area contributed by atoms with Gasteiger partial charge in [0, 0.05) is 6.54 Å². The van der Waals surface area contributed by atoms with Gasteiger partial charge >= 0.3 is 0 Å². The lowest BCUT2D eigenvalue weighted by Gasteiger charge is -2.06. The number of sulfone groups is 1. The molecule has 7 nitrogen and oxygen atoms in total. The second-order valence-electron chi connectivity index (χ2n) is 4.63. The fourth-order valence-corrected chi connectivity index (χ4v) is 3.18. The molecule has 0 aromatic heterocycles. The minimum absolute atomic E-state index is 0.0100. The van der Waals surface area contributed by atoms with Crippen molar-refractivity contribution in [3.05, 3.63) is 42.5 Å². The summed E-state index contributed by atoms with van der Waals surface area (Å²) in [5.74, 6) is -1.40. The van der Waals surface area contributed by atoms with Gasteiger partial charge in [-0.15, -0.1) is 6.58 Å². The highest BCUT2D eigenvalue weighted by Gasteiger charge is 2.14. The maximum atomic E-state index is 11.5. The number of sulfonamides is 1. The van der Waals surface area contributed by atoms with Crippen molar-refractivity contribution in [2.45, 2.75) is 11.3 Å². The number of carbonyl (C=O) groups is 1. The Kier molecular flexibility index (Phi) is 6.27. The van der Waals surface area contributed by atoms with Crippen LogP contribution in [-0.2, 0) is 31.1 Å². The molecule has 1 aromatic rings. The first kappa shape index (κ1) is 18.3. The first-order valence-corrected chi connectivity index (χ1v) is 9.70. The van der Waals surface area contributed by atoms with Gasteiger partial charge in [-0.1, -0.05) is 18.2 Å². The first-order chi connectivity index (χ1) is 10.1. The summed E-state index contributed by atoms with van der Waals surface area (Å²) in [6, 6.07) is 5.92. The molecule has 0 radical (unpaired) electrons. The molecule has 9 heteroatoms. The van der Waals surface area contributed by atoms with Crippen LogP contribution in [0.4, 0.5) is 0 Å². The molecule has 1 rings (SSSR count). The number of amides is 1. The number of carbonyl (C=O) groups excluding carboxylic acids is 1. The van der Waals surface area contributed by atoms with Crippen molar-refractivity contribution >= 4 is 25.8 Å². The highest BCUT2D eigenvalue weighted by Crippen LogP contribution is 2.08. The van der Waals surface area contributed by atoms with Crippen LogP contribution in [0, 0.1) is 0 Å². The van der Waals surface area contributed by atoms with Crippen molar-refractivity contribution in [1.29, 1.82) is 0 Å². The fraction of sp³-hybridized carbons (Fsp3) is 0.308. The summed E-state index contributed by atoms with van der Waals surface area (Å²) in [6.07, 6.45) is 1.67. The van der Waals surface area contributed by atoms with Crippen LogP contribution in [0.15, 0.2) is 41.8 Å². The van der Waals surface area contributed by atoms with Crippen LogP contribution in [0.3, 0.4) is 0 Å². The Morgan fingerprint density at radius 1 is 1.18 bits per heavy atom. The zero-order valence-electron chi connectivity index (χ0n) is 11.9. The van der Waals surface area contributed by atoms with Crippen LogP contribution in [0.25, 0.3) is 0 Å². The van der Waals surface area contributed by atoms with Gasteiger partial charge in [-0.25, -0.2) is 22.0 Å². The van der Waals surface area contributed by atoms with Crippen LogP contribution in [0.5, 0.6) is 0 Å². The highest BCUT2D eigenvalue weighted by atomic mass is 32.2. The number of hydrogen-bond acceptors (Lipinski definition) is 5. The molecule has 122 valence electrons. The Labute approximate surface area is 130 Å². The van der Waals surface area contributed by atoms with Crippen molar-refractivity contribution in [3.8, 4) is 0 Å². The highest BCUT2D eigenvalue weighted by molar-refractivity contribution is 7.92. The normalized spacial score (nSPS) is 11.9. The van der Waals surface area contributed by atoms with Crippen LogP contribution in [0.1, 0.15) is 5.56 Å². The number of hydrogen-bond donors (Lipinski definition) is 2. The van der Waals surface area contributed by atoms with Crippen LogP contribution >= 0.6 is 0 Å². The monoisotopic (exact) mass is 346 g/mol. The van der Waals surface area contributed by atoms with Gasteiger partial charge < -0.3 is 5.32 Å². The molecular weight excluding hydrogens is 328 g/mol. The lowest BCUT2D eigenvalue weighted by atomic mass is 10.1. The Hall–Kier alpha value is -1.71. The summed E-state index contributed by atoms with van der Waals surface area (Å²) in [7, 11) is -7.18. The van der Waals surface area contributed by atoms with E-state index in [2.05, 4.69) is 11.9 Å². The second-order valence-corrected chi connectivity index (χ2v) is 8.30. The van der Waals surface area contributed by atoms with Gasteiger partial charge in [0.2, 0.25) is 15.9 Å². The predicted octanol–water partition coefficient (Wildman–Crippen LogP) is -0.406. The molecule has 22 heavy (non-hydrogen) atoms. The third kappa shape index (κ3) is 6.37. The lowest BCUT2D eigenvalue weighted by molar-refractivity contribution is -0.118. The largest absolute Gasteiger partial charge is 0.355 e. The Balaban J connectivity index is 2.48. The zero-order chi connectivity index (χ0) is 16.8. The van der Waals surface area contributed by atoms with Crippen LogP contribution in [0.2, 0.25) is 0 Å². The van der Waals surface area contributed by atoms with E-state index in [9.17, 15) is 21.6 Å². The van der Waals surface area contributed by atoms with E-state index in [-0.39, 0.29) is 17.2 Å². The van der Waals surface area contributed by atoms with Crippen molar-refractivity contribution in [2.75, 3.05) is 18.1 Å². The molecular formula is C13H18N2O5S2. The second kappa shape index (κ2) is 7.52. The summed E-state index contributed by atoms with van der Waals surface area (Å²) in [6.45, 7) is 3.56. The van der Waals surface area contributed by atoms with Crippen molar-refractivity contribution < 1.29 is 21.6 Å². The molecule has 0 saturated carbocycles. The Morgan fingerprint density at radius 2 is 1.77 bits per heavy atom. The smallest absolute Gasteiger partial charge is 0.238 e. The average molecular weight is 346 g/mol. The standard InChI is InChI=1S/C13H18N2O5S2/c1-2-9-21(17,18)10-13(16)15-8-7-11-3-5-12(6-4-11)22(14,19)20/h2-6H,1,7-10H2,(H,15,16)(H2,14,19,20). The molecule has 0 atom stereocenters. The third-order valence-corrected chi connectivity index (χ3v) is 5.09. The molecule has 0 aliphatic carbocycles. The summed E-state index contributed by atoms with van der Waals surface area (Å²) < 4.78 is 45.0. The molecule has 0 unspecified atom stereocenters. The van der Waals surface area contributed by atoms with E-state index in [1.54, 1.807) is 12.1 Å². The molecule has 0 aliphatic rings. The minimum atomic E-state index is -3.72. The van der Waals surface area contributed by atoms with E-state index in [0.717, 1.165) is 5.56 Å². The number of nitrogens with one attached hydrogen (secondary N) is 1. The molecule has 3 N–H and O–H groups in total. The van der Waals surface area contributed by atoms with Crippen molar-refractivity contribution in [2.24, 2.45) is 5.14 Å². The average Bonchev–Trinajstić information content (AvgIpc) is 2.37. The van der Waals surface area contributed by atoms with Gasteiger partial charge in [0.05, 0.1) is 10.6 Å². The molecule has 0 spiro atoms. The van der Waals surface area contributed by atoms with Crippen molar-refractivity contribution in [3.63, 3.8) is 0 Å². The van der Waals surface area contributed by atoms with Crippen LogP contribution in [-0.4, -0.2) is 40.8 Å². The molecule has 0 aliphatic heterocycles. The first-order valence-electron chi connectivity index (χ1n) is 6.34. The molecule has 1 aromatic carbocycles. The summed E-state index contributed by atoms with van der Waals surface area (Å²) in [4.78, 5) is 11.5. The molecule has 0 heterocycles. The van der Waals surface area contributed by atoms with Gasteiger partial charge in [-0.2, -0.15) is 0 Å². The van der Waals surface area contributed by atoms with Crippen molar-refractivity contribution in [1.82, 2.24) is 5.32 Å². The SMILES string of the molecule is C=CCS(=O)(=O)CC(=O)NCCc1ccc(S(N)(=O)=O)cc1. The minimum Gasteiger partial charge on any atom is -0.355 e. The van der Waals surface area contributed by atoms with Gasteiger partial charge in [0.25, 0.3) is 0 Å². The lowest BCUT2D eigenvalue weighted by Crippen LogP contribution is -2.32. The van der Waals surface area contributed by atoms with Gasteiger partial charge in [0.15, 0.2) is 9.84 Å². The van der Waals surface area contributed by atoms with E-state index in [1.165, 1.54) is 18.2 Å². The molecule has 0 bridgehead atoms. The Bertz CT molecular complexity index is 737. The third-order valence-electron chi connectivity index (χ3n) is 2.71. The van der Waals surface area contributed by atoms with E-state index in [4.69, 9.17) is 5.14 Å². The number of primary sulfonamides is 1. The summed E-state index contributed by atoms with van der Waals surface area (Å²) >= 11 is 0. The van der Waals surface area contributed by atoms with E-state index < -0.39 is 31.5 Å². The summed E-state index contributed by atoms with van der Waals surface area (Å²) in [5, 5.41) is 7.48. The van der Waals surface area contributed by atoms with Gasteiger partial charge in [-0.3, -0.25) is 4.79 Å². The number of rotatable bonds is 8. The quantitative estimate of drug-likeness (QED) is 0.620. The fourth-order valence-electron chi connectivity index (χ4n) is 1.68. The molecule has 0 fully saturated rings. The topological polar surface area (TPSA) is 123 Å². The van der Waals surface area contributed by atoms with E-state index in [0.29, 0.717) is 6.42 Å². The molecule has 1 amide bonds. The van der Waals surface area contributed by atoms with E-state index in [1.807, 2.05) is 0 Å². The maximum absolute atomic E-state index is 11.5. The zero-order valence-corrected chi connectivity index (χ0v) is 13.5. The van der Waals surface area contributed by atoms with E-state index >= 15 is 0 Å². The molecule has 0 saturated heterocycles. The van der Waals surface area contributed by atoms with Crippen LogP contribution < -0.4 is 10.5 Å². The van der Waals surface area contributed by atoms with Gasteiger partial charge in [0.1, 0.15) is 5.75 Å².